The average molecular weight is 342 g/mol. The Kier molecular flexibility index (Phi) is 4.06. The smallest absolute Gasteiger partial charge is 0.406 e. The second-order valence-corrected chi connectivity index (χ2v) is 6.57. The minimum atomic E-state index is -4.72. The largest absolute Gasteiger partial charge is 0.573 e. The first-order valence-corrected chi connectivity index (χ1v) is 6.80. The van der Waals surface area contributed by atoms with Gasteiger partial charge in [0.1, 0.15) is 10.1 Å². The topological polar surface area (TPSA) is 38.3 Å². The monoisotopic (exact) mass is 341 g/mol. The first-order chi connectivity index (χ1) is 9.53. The summed E-state index contributed by atoms with van der Waals surface area (Å²) in [4.78, 5) is 11.9. The van der Waals surface area contributed by atoms with E-state index in [1.165, 1.54) is 24.3 Å². The summed E-state index contributed by atoms with van der Waals surface area (Å²) in [7, 11) is 0. The Balaban J connectivity index is 1.89. The van der Waals surface area contributed by atoms with E-state index in [4.69, 9.17) is 23.2 Å². The molecule has 1 fully saturated rings. The molecule has 0 aromatic heterocycles. The summed E-state index contributed by atoms with van der Waals surface area (Å²) < 4.78 is 38.7. The van der Waals surface area contributed by atoms with Gasteiger partial charge in [-0.15, -0.1) is 36.4 Å². The summed E-state index contributed by atoms with van der Waals surface area (Å²) in [5, 5.41) is 2.65. The average Bonchev–Trinajstić information content (AvgIpc) is 2.87. The van der Waals surface area contributed by atoms with Gasteiger partial charge in [-0.2, -0.15) is 0 Å². The molecule has 1 unspecified atom stereocenters. The highest BCUT2D eigenvalue weighted by Crippen LogP contribution is 2.63. The fourth-order valence-corrected chi connectivity index (χ4v) is 2.54. The summed E-state index contributed by atoms with van der Waals surface area (Å²) in [5.41, 5.74) is -0.188. The van der Waals surface area contributed by atoms with E-state index in [9.17, 15) is 18.0 Å². The summed E-state index contributed by atoms with van der Waals surface area (Å²) in [6.45, 7) is 1.83. The number of hydrogen-bond donors (Lipinski definition) is 1. The van der Waals surface area contributed by atoms with Crippen molar-refractivity contribution in [2.24, 2.45) is 5.41 Å². The maximum absolute atomic E-state index is 12.0. The Bertz CT molecular complexity index is 545. The van der Waals surface area contributed by atoms with Gasteiger partial charge in [0.2, 0.25) is 5.91 Å². The van der Waals surface area contributed by atoms with E-state index in [1.54, 1.807) is 6.92 Å². The third-order valence-electron chi connectivity index (χ3n) is 3.37. The van der Waals surface area contributed by atoms with E-state index in [0.717, 1.165) is 0 Å². The maximum Gasteiger partial charge on any atom is 0.573 e. The normalized spacial score (nSPS) is 23.5. The number of ether oxygens (including phenoxy) is 1. The van der Waals surface area contributed by atoms with Gasteiger partial charge in [0.25, 0.3) is 0 Å². The molecule has 1 atom stereocenters. The molecule has 1 aromatic rings. The summed E-state index contributed by atoms with van der Waals surface area (Å²) >= 11 is 11.8. The number of carbonyl (C=O) groups is 1. The Morgan fingerprint density at radius 1 is 1.33 bits per heavy atom. The molecule has 3 nitrogen and oxygen atoms in total. The number of benzene rings is 1. The number of nitrogens with one attached hydrogen (secondary N) is 1. The molecule has 0 aliphatic heterocycles. The number of halogens is 5. The van der Waals surface area contributed by atoms with Crippen molar-refractivity contribution >= 4 is 29.1 Å². The predicted molar refractivity (Wildman–Crippen MR) is 72.1 cm³/mol. The Morgan fingerprint density at radius 3 is 2.29 bits per heavy atom. The minimum Gasteiger partial charge on any atom is -0.406 e. The van der Waals surface area contributed by atoms with Gasteiger partial charge in [0, 0.05) is 6.54 Å². The fourth-order valence-electron chi connectivity index (χ4n) is 1.83. The summed E-state index contributed by atoms with van der Waals surface area (Å²) in [6, 6.07) is 5.24. The highest BCUT2D eigenvalue weighted by atomic mass is 35.5. The first-order valence-electron chi connectivity index (χ1n) is 6.04. The molecule has 1 saturated carbocycles. The highest BCUT2D eigenvalue weighted by Gasteiger charge is 2.67. The van der Waals surface area contributed by atoms with E-state index in [2.05, 4.69) is 10.1 Å². The van der Waals surface area contributed by atoms with Crippen LogP contribution in [0.25, 0.3) is 0 Å². The van der Waals surface area contributed by atoms with Gasteiger partial charge in [-0.05, 0) is 31.0 Å². The molecule has 21 heavy (non-hydrogen) atoms. The molecule has 8 heteroatoms. The zero-order valence-electron chi connectivity index (χ0n) is 10.9. The van der Waals surface area contributed by atoms with Gasteiger partial charge in [-0.25, -0.2) is 0 Å². The van der Waals surface area contributed by atoms with Gasteiger partial charge in [0.05, 0.1) is 5.41 Å². The highest BCUT2D eigenvalue weighted by molar-refractivity contribution is 6.53. The Labute approximate surface area is 129 Å². The van der Waals surface area contributed by atoms with Crippen LogP contribution in [-0.2, 0) is 11.3 Å². The van der Waals surface area contributed by atoms with Crippen molar-refractivity contribution in [3.05, 3.63) is 29.8 Å². The number of amides is 1. The van der Waals surface area contributed by atoms with E-state index in [-0.39, 0.29) is 18.2 Å². The minimum absolute atomic E-state index is 0.171. The summed E-state index contributed by atoms with van der Waals surface area (Å²) in [6.07, 6.45) is -4.35. The number of alkyl halides is 5. The van der Waals surface area contributed by atoms with Crippen LogP contribution in [0, 0.1) is 5.41 Å². The third kappa shape index (κ3) is 3.74. The summed E-state index contributed by atoms with van der Waals surface area (Å²) in [5.74, 6) is -0.601. The van der Waals surface area contributed by atoms with Crippen molar-refractivity contribution in [3.8, 4) is 5.75 Å². The second kappa shape index (κ2) is 5.25. The standard InChI is InChI=1S/C13H12Cl2F3NO2/c1-11(7-12(11,14)15)10(20)19-6-8-2-4-9(5-3-8)21-13(16,17)18/h2-5H,6-7H2,1H3,(H,19,20). The molecule has 116 valence electrons. The van der Waals surface area contributed by atoms with Crippen molar-refractivity contribution < 1.29 is 22.7 Å². The molecule has 0 spiro atoms. The number of hydrogen-bond acceptors (Lipinski definition) is 2. The van der Waals surface area contributed by atoms with E-state index < -0.39 is 16.1 Å². The lowest BCUT2D eigenvalue weighted by Crippen LogP contribution is -2.32. The van der Waals surface area contributed by atoms with E-state index >= 15 is 0 Å². The van der Waals surface area contributed by atoms with Crippen LogP contribution in [0.1, 0.15) is 18.9 Å². The molecule has 1 aliphatic carbocycles. The molecular formula is C13H12Cl2F3NO2. The third-order valence-corrected chi connectivity index (χ3v) is 4.47. The molecule has 0 saturated heterocycles. The van der Waals surface area contributed by atoms with Crippen molar-refractivity contribution in [1.82, 2.24) is 5.32 Å². The molecule has 1 aliphatic rings. The van der Waals surface area contributed by atoms with Crippen LogP contribution in [0.5, 0.6) is 5.75 Å². The zero-order chi connectivity index (χ0) is 15.9. The Morgan fingerprint density at radius 2 is 1.86 bits per heavy atom. The second-order valence-electron chi connectivity index (χ2n) is 5.09. The molecular weight excluding hydrogens is 330 g/mol. The lowest BCUT2D eigenvalue weighted by Gasteiger charge is -2.13. The van der Waals surface area contributed by atoms with Crippen molar-refractivity contribution in [1.29, 1.82) is 0 Å². The Hall–Kier alpha value is -1.14. The predicted octanol–water partition coefficient (Wildman–Crippen LogP) is 3.79. The van der Waals surface area contributed by atoms with Gasteiger partial charge in [-0.1, -0.05) is 12.1 Å². The lowest BCUT2D eigenvalue weighted by molar-refractivity contribution is -0.274. The molecule has 0 bridgehead atoms. The maximum atomic E-state index is 12.0. The van der Waals surface area contributed by atoms with Crippen molar-refractivity contribution in [2.75, 3.05) is 0 Å². The van der Waals surface area contributed by atoms with Crippen LogP contribution in [0.4, 0.5) is 13.2 Å². The van der Waals surface area contributed by atoms with Gasteiger partial charge in [-0.3, -0.25) is 4.79 Å². The van der Waals surface area contributed by atoms with Gasteiger partial charge < -0.3 is 10.1 Å². The van der Waals surface area contributed by atoms with Crippen LogP contribution in [-0.4, -0.2) is 16.6 Å². The van der Waals surface area contributed by atoms with Gasteiger partial charge in [0.15, 0.2) is 0 Å². The van der Waals surface area contributed by atoms with Crippen LogP contribution in [0.2, 0.25) is 0 Å². The SMILES string of the molecule is CC1(C(=O)NCc2ccc(OC(F)(F)F)cc2)CC1(Cl)Cl. The molecule has 0 radical (unpaired) electrons. The van der Waals surface area contributed by atoms with Crippen LogP contribution in [0.3, 0.4) is 0 Å². The fraction of sp³-hybridized carbons (Fsp3) is 0.462. The van der Waals surface area contributed by atoms with Gasteiger partial charge >= 0.3 is 6.36 Å². The van der Waals surface area contributed by atoms with E-state index in [0.29, 0.717) is 12.0 Å². The van der Waals surface area contributed by atoms with Crippen LogP contribution < -0.4 is 10.1 Å². The lowest BCUT2D eigenvalue weighted by atomic mass is 10.1. The molecule has 1 N–H and O–H groups in total. The molecule has 1 aromatic carbocycles. The first kappa shape index (κ1) is 16.2. The van der Waals surface area contributed by atoms with Crippen molar-refractivity contribution in [3.63, 3.8) is 0 Å². The molecule has 2 rings (SSSR count). The number of carbonyl (C=O) groups excluding carboxylic acids is 1. The zero-order valence-corrected chi connectivity index (χ0v) is 12.4. The molecule has 1 amide bonds. The van der Waals surface area contributed by atoms with Crippen molar-refractivity contribution in [2.45, 2.75) is 30.6 Å². The molecule has 0 heterocycles. The quantitative estimate of drug-likeness (QED) is 0.846. The van der Waals surface area contributed by atoms with E-state index in [1.807, 2.05) is 0 Å². The van der Waals surface area contributed by atoms with Crippen LogP contribution in [0.15, 0.2) is 24.3 Å². The van der Waals surface area contributed by atoms with Crippen LogP contribution >= 0.6 is 23.2 Å². The number of rotatable bonds is 4.